The molecule has 1 aromatic heterocycles. The number of rotatable bonds is 1. The quantitative estimate of drug-likeness (QED) is 0.689. The lowest BCUT2D eigenvalue weighted by Crippen LogP contribution is -1.97. The van der Waals surface area contributed by atoms with Crippen molar-refractivity contribution in [2.24, 2.45) is 0 Å². The summed E-state index contributed by atoms with van der Waals surface area (Å²) in [5.41, 5.74) is 5.99. The van der Waals surface area contributed by atoms with Gasteiger partial charge < -0.3 is 15.3 Å². The van der Waals surface area contributed by atoms with E-state index in [1.807, 2.05) is 0 Å². The van der Waals surface area contributed by atoms with Gasteiger partial charge in [0.1, 0.15) is 0 Å². The second-order valence-electron chi connectivity index (χ2n) is 2.65. The highest BCUT2D eigenvalue weighted by Crippen LogP contribution is 2.24. The monoisotopic (exact) mass is 211 g/mol. The SMILES string of the molecule is Nc1cc(C(=O)O)cc2sc(=O)oc12. The van der Waals surface area contributed by atoms with Crippen LogP contribution >= 0.6 is 11.3 Å². The zero-order chi connectivity index (χ0) is 10.3. The molecule has 0 spiro atoms. The van der Waals surface area contributed by atoms with Gasteiger partial charge in [0.15, 0.2) is 5.58 Å². The number of anilines is 1. The molecular weight excluding hydrogens is 206 g/mol. The van der Waals surface area contributed by atoms with Gasteiger partial charge in [0.05, 0.1) is 16.0 Å². The molecule has 2 rings (SSSR count). The van der Waals surface area contributed by atoms with Crippen LogP contribution in [0.15, 0.2) is 21.3 Å². The maximum Gasteiger partial charge on any atom is 0.396 e. The lowest BCUT2D eigenvalue weighted by atomic mass is 10.2. The van der Waals surface area contributed by atoms with E-state index in [9.17, 15) is 9.59 Å². The Morgan fingerprint density at radius 1 is 1.50 bits per heavy atom. The van der Waals surface area contributed by atoms with Crippen molar-refractivity contribution in [3.05, 3.63) is 27.4 Å². The number of nitrogen functional groups attached to an aromatic ring is 1. The predicted molar refractivity (Wildman–Crippen MR) is 51.7 cm³/mol. The third-order valence-corrected chi connectivity index (χ3v) is 2.48. The van der Waals surface area contributed by atoms with Gasteiger partial charge in [-0.25, -0.2) is 9.59 Å². The van der Waals surface area contributed by atoms with Crippen molar-refractivity contribution in [3.63, 3.8) is 0 Å². The van der Waals surface area contributed by atoms with Crippen LogP contribution in [0, 0.1) is 0 Å². The van der Waals surface area contributed by atoms with Crippen LogP contribution in [0.1, 0.15) is 10.4 Å². The van der Waals surface area contributed by atoms with Gasteiger partial charge in [-0.15, -0.1) is 0 Å². The highest BCUT2D eigenvalue weighted by Gasteiger charge is 2.11. The van der Waals surface area contributed by atoms with Crippen molar-refractivity contribution >= 4 is 33.3 Å². The fourth-order valence-corrected chi connectivity index (χ4v) is 1.87. The molecule has 0 atom stereocenters. The predicted octanol–water partition coefficient (Wildman–Crippen LogP) is 1.13. The Labute approximate surface area is 81.4 Å². The van der Waals surface area contributed by atoms with Crippen LogP contribution in [0.3, 0.4) is 0 Å². The molecule has 0 unspecified atom stereocenters. The summed E-state index contributed by atoms with van der Waals surface area (Å²) < 4.78 is 5.23. The summed E-state index contributed by atoms with van der Waals surface area (Å²) in [6.45, 7) is 0. The fraction of sp³-hybridized carbons (Fsp3) is 0. The number of hydrogen-bond acceptors (Lipinski definition) is 5. The number of hydrogen-bond donors (Lipinski definition) is 2. The van der Waals surface area contributed by atoms with Gasteiger partial charge in [0.2, 0.25) is 0 Å². The Morgan fingerprint density at radius 3 is 2.86 bits per heavy atom. The first-order chi connectivity index (χ1) is 6.58. The highest BCUT2D eigenvalue weighted by atomic mass is 32.1. The van der Waals surface area contributed by atoms with Gasteiger partial charge in [-0.1, -0.05) is 11.3 Å². The van der Waals surface area contributed by atoms with E-state index in [-0.39, 0.29) is 16.8 Å². The lowest BCUT2D eigenvalue weighted by molar-refractivity contribution is 0.0697. The van der Waals surface area contributed by atoms with E-state index in [4.69, 9.17) is 15.3 Å². The zero-order valence-electron chi connectivity index (χ0n) is 6.81. The molecule has 0 aliphatic carbocycles. The van der Waals surface area contributed by atoms with Crippen molar-refractivity contribution in [2.45, 2.75) is 0 Å². The molecule has 5 nitrogen and oxygen atoms in total. The van der Waals surface area contributed by atoms with Crippen molar-refractivity contribution in [2.75, 3.05) is 5.73 Å². The number of carbonyl (C=O) groups is 1. The molecule has 2 aromatic rings. The largest absolute Gasteiger partial charge is 0.478 e. The van der Waals surface area contributed by atoms with Crippen LogP contribution in [-0.4, -0.2) is 11.1 Å². The second kappa shape index (κ2) is 2.85. The van der Waals surface area contributed by atoms with Gasteiger partial charge in [-0.05, 0) is 12.1 Å². The Balaban J connectivity index is 2.84. The summed E-state index contributed by atoms with van der Waals surface area (Å²) in [4.78, 5) is 21.0. The minimum Gasteiger partial charge on any atom is -0.478 e. The maximum absolute atomic E-state index is 10.9. The fourth-order valence-electron chi connectivity index (χ4n) is 1.13. The Bertz CT molecular complexity index is 568. The van der Waals surface area contributed by atoms with Crippen LogP contribution < -0.4 is 10.7 Å². The number of fused-ring (bicyclic) bond motifs is 1. The molecule has 14 heavy (non-hydrogen) atoms. The van der Waals surface area contributed by atoms with Crippen LogP contribution in [-0.2, 0) is 0 Å². The average molecular weight is 211 g/mol. The van der Waals surface area contributed by atoms with E-state index in [2.05, 4.69) is 0 Å². The van der Waals surface area contributed by atoms with Crippen LogP contribution in [0.2, 0.25) is 0 Å². The first-order valence-corrected chi connectivity index (χ1v) is 4.46. The van der Waals surface area contributed by atoms with E-state index in [0.717, 1.165) is 11.3 Å². The molecule has 0 amide bonds. The smallest absolute Gasteiger partial charge is 0.396 e. The normalized spacial score (nSPS) is 10.6. The Morgan fingerprint density at radius 2 is 2.21 bits per heavy atom. The summed E-state index contributed by atoms with van der Waals surface area (Å²) in [5, 5.41) is 8.72. The maximum atomic E-state index is 10.9. The summed E-state index contributed by atoms with van der Waals surface area (Å²) >= 11 is 0.832. The lowest BCUT2D eigenvalue weighted by Gasteiger charge is -1.96. The van der Waals surface area contributed by atoms with E-state index >= 15 is 0 Å². The van der Waals surface area contributed by atoms with E-state index in [1.54, 1.807) is 0 Å². The minimum atomic E-state index is -1.08. The molecule has 0 bridgehead atoms. The van der Waals surface area contributed by atoms with Crippen LogP contribution in [0.4, 0.5) is 5.69 Å². The molecule has 0 aliphatic heterocycles. The molecule has 6 heteroatoms. The van der Waals surface area contributed by atoms with Gasteiger partial charge >= 0.3 is 10.9 Å². The van der Waals surface area contributed by atoms with Crippen molar-refractivity contribution < 1.29 is 14.3 Å². The topological polar surface area (TPSA) is 93.5 Å². The van der Waals surface area contributed by atoms with Crippen LogP contribution in [0.25, 0.3) is 10.3 Å². The molecule has 1 heterocycles. The molecule has 0 saturated heterocycles. The zero-order valence-corrected chi connectivity index (χ0v) is 7.63. The van der Waals surface area contributed by atoms with Gasteiger partial charge in [-0.3, -0.25) is 0 Å². The summed E-state index contributed by atoms with van der Waals surface area (Å²) in [6.07, 6.45) is 0. The molecule has 0 radical (unpaired) electrons. The van der Waals surface area contributed by atoms with Crippen molar-refractivity contribution in [1.82, 2.24) is 0 Å². The molecule has 0 aliphatic rings. The molecule has 3 N–H and O–H groups in total. The van der Waals surface area contributed by atoms with Crippen molar-refractivity contribution in [3.8, 4) is 0 Å². The molecule has 72 valence electrons. The third kappa shape index (κ3) is 1.25. The third-order valence-electron chi connectivity index (χ3n) is 1.71. The highest BCUT2D eigenvalue weighted by molar-refractivity contribution is 7.16. The molecular formula is C8H5NO4S. The van der Waals surface area contributed by atoms with E-state index in [1.165, 1.54) is 12.1 Å². The summed E-state index contributed by atoms with van der Waals surface area (Å²) in [6, 6.07) is 2.63. The van der Waals surface area contributed by atoms with Gasteiger partial charge in [0.25, 0.3) is 0 Å². The van der Waals surface area contributed by atoms with E-state index in [0.29, 0.717) is 4.70 Å². The standard InChI is InChI=1S/C8H5NO4S/c9-4-1-3(7(10)11)2-5-6(4)13-8(12)14-5/h1-2H,9H2,(H,10,11). The van der Waals surface area contributed by atoms with Gasteiger partial charge in [-0.2, -0.15) is 0 Å². The number of benzene rings is 1. The number of nitrogens with two attached hydrogens (primary N) is 1. The second-order valence-corrected chi connectivity index (χ2v) is 3.63. The Hall–Kier alpha value is -1.82. The van der Waals surface area contributed by atoms with Gasteiger partial charge in [0, 0.05) is 0 Å². The first-order valence-electron chi connectivity index (χ1n) is 3.64. The summed E-state index contributed by atoms with van der Waals surface area (Å²) in [7, 11) is 0. The average Bonchev–Trinajstić information content (AvgIpc) is 2.45. The first kappa shape index (κ1) is 8.76. The van der Waals surface area contributed by atoms with Crippen LogP contribution in [0.5, 0.6) is 0 Å². The minimum absolute atomic E-state index is 0.0482. The number of aromatic carboxylic acids is 1. The van der Waals surface area contributed by atoms with Crippen molar-refractivity contribution in [1.29, 1.82) is 0 Å². The van der Waals surface area contributed by atoms with E-state index < -0.39 is 10.9 Å². The molecule has 0 fully saturated rings. The summed E-state index contributed by atoms with van der Waals surface area (Å²) in [5.74, 6) is -1.08. The Kier molecular flexibility index (Phi) is 1.78. The number of carboxylic acids is 1. The molecule has 1 aromatic carbocycles. The molecule has 0 saturated carbocycles. The number of carboxylic acid groups (broad SMARTS) is 1.